The van der Waals surface area contributed by atoms with E-state index in [1.807, 2.05) is 19.0 Å². The normalized spacial score (nSPS) is 11.0. The third kappa shape index (κ3) is 8.10. The van der Waals surface area contributed by atoms with E-state index in [2.05, 4.69) is 96.0 Å². The minimum Gasteiger partial charge on any atom is -0.390 e. The van der Waals surface area contributed by atoms with Gasteiger partial charge in [0, 0.05) is 11.1 Å². The van der Waals surface area contributed by atoms with Crippen LogP contribution in [0.15, 0.2) is 133 Å². The summed E-state index contributed by atoms with van der Waals surface area (Å²) in [7, 11) is 3.35. The van der Waals surface area contributed by atoms with Crippen LogP contribution in [0.1, 0.15) is 33.1 Å². The zero-order valence-corrected chi connectivity index (χ0v) is 28.2. The summed E-state index contributed by atoms with van der Waals surface area (Å²) in [6, 6.07) is 43.0. The molecule has 5 nitrogen and oxygen atoms in total. The first-order chi connectivity index (χ1) is 22.8. The van der Waals surface area contributed by atoms with Crippen LogP contribution < -0.4 is 15.9 Å². The number of rotatable bonds is 9. The fraction of sp³-hybridized carbons (Fsp3) is 0.128. The molecular weight excluding hydrogens is 628 g/mol. The number of aliphatic hydroxyl groups excluding tert-OH is 1. The molecule has 0 bridgehead atoms. The van der Waals surface area contributed by atoms with Gasteiger partial charge in [-0.25, -0.2) is 9.37 Å². The van der Waals surface area contributed by atoms with Gasteiger partial charge in [-0.15, -0.1) is 0 Å². The van der Waals surface area contributed by atoms with Crippen molar-refractivity contribution in [1.29, 1.82) is 0 Å². The Hall–Kier alpha value is -4.45. The van der Waals surface area contributed by atoms with E-state index in [-0.39, 0.29) is 17.7 Å². The maximum Gasteiger partial charge on any atom is 0.196 e. The number of hydrogen-bond acceptors (Lipinski definition) is 4. The van der Waals surface area contributed by atoms with Crippen molar-refractivity contribution >= 4 is 41.2 Å². The van der Waals surface area contributed by atoms with Gasteiger partial charge in [0.05, 0.1) is 35.2 Å². The zero-order valence-electron chi connectivity index (χ0n) is 26.5. The van der Waals surface area contributed by atoms with Gasteiger partial charge < -0.3 is 10.0 Å². The number of imidazole rings is 1. The second kappa shape index (κ2) is 15.9. The standard InChI is InChI=1S/C21H21ClFN3O2.C18H15P/c1-13-19(12-27)26(20(24-13)11-25(2)3)18-9-8-14(23)10-16(18)21(28)15-6-4-5-7-17(15)22;1-4-10-16(11-5-1)19(17-12-6-2-7-13-17)18-14-8-3-9-15-18/h4-10,27H,11-12H2,1-3H3;1-15H. The monoisotopic (exact) mass is 663 g/mol. The van der Waals surface area contributed by atoms with E-state index < -0.39 is 19.5 Å². The molecule has 1 heterocycles. The Labute approximate surface area is 281 Å². The Morgan fingerprint density at radius 1 is 0.787 bits per heavy atom. The maximum atomic E-state index is 14.1. The Morgan fingerprint density at radius 3 is 1.79 bits per heavy atom. The lowest BCUT2D eigenvalue weighted by Crippen LogP contribution is -2.20. The molecular formula is C39H36ClFN3O2P. The smallest absolute Gasteiger partial charge is 0.196 e. The number of halogens is 2. The van der Waals surface area contributed by atoms with Crippen LogP contribution >= 0.6 is 19.5 Å². The summed E-state index contributed by atoms with van der Waals surface area (Å²) in [5.41, 5.74) is 2.09. The van der Waals surface area contributed by atoms with Crippen LogP contribution in [0.2, 0.25) is 5.02 Å². The fourth-order valence-electron chi connectivity index (χ4n) is 5.34. The van der Waals surface area contributed by atoms with Gasteiger partial charge in [0.1, 0.15) is 11.6 Å². The second-order valence-corrected chi connectivity index (χ2v) is 13.7. The molecule has 1 aromatic heterocycles. The van der Waals surface area contributed by atoms with Crippen molar-refractivity contribution in [2.75, 3.05) is 14.1 Å². The van der Waals surface area contributed by atoms with Gasteiger partial charge in [0.15, 0.2) is 5.78 Å². The summed E-state index contributed by atoms with van der Waals surface area (Å²) in [6.45, 7) is 2.02. The number of aliphatic hydroxyl groups is 1. The Kier molecular flexibility index (Phi) is 11.5. The molecule has 6 rings (SSSR count). The number of hydrogen-bond donors (Lipinski definition) is 1. The van der Waals surface area contributed by atoms with Crippen LogP contribution in [0.5, 0.6) is 0 Å². The predicted molar refractivity (Wildman–Crippen MR) is 192 cm³/mol. The van der Waals surface area contributed by atoms with Crippen LogP contribution in [-0.4, -0.2) is 39.4 Å². The number of ketones is 1. The SMILES string of the molecule is Cc1nc(CN(C)C)n(-c2ccc(F)cc2C(=O)c2ccccc2Cl)c1CO.c1ccc(P(c2ccccc2)c2ccccc2)cc1. The fourth-order valence-corrected chi connectivity index (χ4v) is 7.86. The van der Waals surface area contributed by atoms with Crippen molar-refractivity contribution in [3.05, 3.63) is 173 Å². The number of aromatic nitrogens is 2. The van der Waals surface area contributed by atoms with Crippen LogP contribution in [0.3, 0.4) is 0 Å². The minimum absolute atomic E-state index is 0.153. The van der Waals surface area contributed by atoms with Crippen LogP contribution in [0.4, 0.5) is 4.39 Å². The topological polar surface area (TPSA) is 58.4 Å². The van der Waals surface area contributed by atoms with Crippen LogP contribution in [-0.2, 0) is 13.2 Å². The van der Waals surface area contributed by atoms with E-state index in [4.69, 9.17) is 11.6 Å². The molecule has 0 unspecified atom stereocenters. The molecule has 0 aliphatic rings. The average molecular weight is 664 g/mol. The number of carbonyl (C=O) groups is 1. The van der Waals surface area contributed by atoms with Gasteiger partial charge in [-0.05, 0) is 75.2 Å². The third-order valence-corrected chi connectivity index (χ3v) is 10.2. The van der Waals surface area contributed by atoms with E-state index in [0.717, 1.165) is 0 Å². The quantitative estimate of drug-likeness (QED) is 0.131. The molecule has 238 valence electrons. The number of aryl methyl sites for hydroxylation is 1. The van der Waals surface area contributed by atoms with Gasteiger partial charge in [-0.1, -0.05) is 115 Å². The highest BCUT2D eigenvalue weighted by Crippen LogP contribution is 2.32. The summed E-state index contributed by atoms with van der Waals surface area (Å²) in [6.07, 6.45) is 0. The highest BCUT2D eigenvalue weighted by molar-refractivity contribution is 7.79. The lowest BCUT2D eigenvalue weighted by Gasteiger charge is -2.18. The second-order valence-electron chi connectivity index (χ2n) is 11.1. The van der Waals surface area contributed by atoms with Gasteiger partial charge in [0.25, 0.3) is 0 Å². The third-order valence-electron chi connectivity index (χ3n) is 7.46. The summed E-state index contributed by atoms with van der Waals surface area (Å²) >= 11 is 6.19. The van der Waals surface area contributed by atoms with Gasteiger partial charge in [-0.3, -0.25) is 9.36 Å². The Bertz CT molecular complexity index is 1840. The zero-order chi connectivity index (χ0) is 33.3. The van der Waals surface area contributed by atoms with Crippen LogP contribution in [0, 0.1) is 12.7 Å². The van der Waals surface area contributed by atoms with Gasteiger partial charge >= 0.3 is 0 Å². The summed E-state index contributed by atoms with van der Waals surface area (Å²) < 4.78 is 15.8. The Balaban J connectivity index is 0.000000198. The highest BCUT2D eigenvalue weighted by Gasteiger charge is 2.23. The van der Waals surface area contributed by atoms with Crippen molar-refractivity contribution in [2.24, 2.45) is 0 Å². The molecule has 8 heteroatoms. The predicted octanol–water partition coefficient (Wildman–Crippen LogP) is 7.20. The summed E-state index contributed by atoms with van der Waals surface area (Å²) in [4.78, 5) is 19.7. The molecule has 0 aliphatic carbocycles. The molecule has 0 fully saturated rings. The lowest BCUT2D eigenvalue weighted by molar-refractivity contribution is 0.103. The van der Waals surface area contributed by atoms with E-state index >= 15 is 0 Å². The molecule has 6 aromatic rings. The van der Waals surface area contributed by atoms with Crippen molar-refractivity contribution < 1.29 is 14.3 Å². The molecule has 0 amide bonds. The number of nitrogens with zero attached hydrogens (tertiary/aromatic N) is 3. The molecule has 0 atom stereocenters. The lowest BCUT2D eigenvalue weighted by atomic mass is 10.0. The molecule has 5 aromatic carbocycles. The van der Waals surface area contributed by atoms with Crippen molar-refractivity contribution in [2.45, 2.75) is 20.1 Å². The van der Waals surface area contributed by atoms with E-state index in [0.29, 0.717) is 34.5 Å². The molecule has 0 spiro atoms. The van der Waals surface area contributed by atoms with Gasteiger partial charge in [-0.2, -0.15) is 0 Å². The van der Waals surface area contributed by atoms with E-state index in [1.165, 1.54) is 34.1 Å². The van der Waals surface area contributed by atoms with Gasteiger partial charge in [0.2, 0.25) is 0 Å². The van der Waals surface area contributed by atoms with Crippen molar-refractivity contribution in [3.8, 4) is 5.69 Å². The molecule has 0 saturated carbocycles. The Morgan fingerprint density at radius 2 is 1.30 bits per heavy atom. The molecule has 47 heavy (non-hydrogen) atoms. The number of benzene rings is 5. The first kappa shape index (κ1) is 33.9. The van der Waals surface area contributed by atoms with E-state index in [1.54, 1.807) is 35.8 Å². The molecule has 0 radical (unpaired) electrons. The first-order valence-electron chi connectivity index (χ1n) is 15.2. The maximum absolute atomic E-state index is 14.1. The molecule has 0 saturated heterocycles. The average Bonchev–Trinajstić information content (AvgIpc) is 3.40. The van der Waals surface area contributed by atoms with Crippen molar-refractivity contribution in [3.63, 3.8) is 0 Å². The van der Waals surface area contributed by atoms with Crippen LogP contribution in [0.25, 0.3) is 5.69 Å². The summed E-state index contributed by atoms with van der Waals surface area (Å²) in [5.74, 6) is -0.284. The van der Waals surface area contributed by atoms with E-state index in [9.17, 15) is 14.3 Å². The first-order valence-corrected chi connectivity index (χ1v) is 16.9. The summed E-state index contributed by atoms with van der Waals surface area (Å²) in [5, 5.41) is 14.4. The van der Waals surface area contributed by atoms with Crippen molar-refractivity contribution in [1.82, 2.24) is 14.5 Å². The number of carbonyl (C=O) groups excluding carboxylic acids is 1. The largest absolute Gasteiger partial charge is 0.390 e. The molecule has 0 aliphatic heterocycles. The highest BCUT2D eigenvalue weighted by atomic mass is 35.5. The molecule has 1 N–H and O–H groups in total. The minimum atomic E-state index is -0.532.